The Labute approximate surface area is 152 Å². The molecule has 0 saturated carbocycles. The molecule has 1 N–H and O–H groups in total. The van der Waals surface area contributed by atoms with Gasteiger partial charge in [0.15, 0.2) is 6.10 Å². The Morgan fingerprint density at radius 3 is 2.65 bits per heavy atom. The van der Waals surface area contributed by atoms with Gasteiger partial charge < -0.3 is 14.6 Å². The summed E-state index contributed by atoms with van der Waals surface area (Å²) in [5, 5.41) is 10.2. The Balaban J connectivity index is 1.65. The Morgan fingerprint density at radius 1 is 1.12 bits per heavy atom. The first-order chi connectivity index (χ1) is 12.7. The van der Waals surface area contributed by atoms with E-state index in [4.69, 9.17) is 14.6 Å². The molecule has 0 fully saturated rings. The molecule has 0 saturated heterocycles. The van der Waals surface area contributed by atoms with Crippen molar-refractivity contribution in [2.45, 2.75) is 26.1 Å². The molecule has 2 aromatic carbocycles. The van der Waals surface area contributed by atoms with Crippen LogP contribution in [0.1, 0.15) is 18.1 Å². The van der Waals surface area contributed by atoms with E-state index in [1.165, 1.54) is 0 Å². The summed E-state index contributed by atoms with van der Waals surface area (Å²) < 4.78 is 11.1. The van der Waals surface area contributed by atoms with Gasteiger partial charge in [-0.1, -0.05) is 30.3 Å². The number of fused-ring (bicyclic) bond motifs is 1. The molecule has 3 aromatic rings. The van der Waals surface area contributed by atoms with Crippen molar-refractivity contribution in [1.82, 2.24) is 4.98 Å². The Hall–Kier alpha value is -2.92. The van der Waals surface area contributed by atoms with Gasteiger partial charge in [-0.15, -0.1) is 0 Å². The highest BCUT2D eigenvalue weighted by Gasteiger charge is 2.17. The minimum Gasteiger partial charge on any atom is -0.489 e. The molecule has 0 aliphatic carbocycles. The molecule has 0 aliphatic rings. The second-order valence-electron chi connectivity index (χ2n) is 5.91. The van der Waals surface area contributed by atoms with Crippen molar-refractivity contribution in [1.29, 1.82) is 0 Å². The smallest absolute Gasteiger partial charge is 0.333 e. The second kappa shape index (κ2) is 8.45. The highest BCUT2D eigenvalue weighted by molar-refractivity contribution is 5.81. The first kappa shape index (κ1) is 17.9. The second-order valence-corrected chi connectivity index (χ2v) is 5.91. The SMILES string of the molecule is CCOC(Cc1ccc(OCc2cccc3ncccc23)cc1)C(=O)O. The summed E-state index contributed by atoms with van der Waals surface area (Å²) in [6.07, 6.45) is 1.28. The van der Waals surface area contributed by atoms with Crippen LogP contribution in [0.15, 0.2) is 60.8 Å². The van der Waals surface area contributed by atoms with Gasteiger partial charge in [0.2, 0.25) is 0 Å². The zero-order chi connectivity index (χ0) is 18.4. The quantitative estimate of drug-likeness (QED) is 0.668. The lowest BCUT2D eigenvalue weighted by Crippen LogP contribution is -2.26. The van der Waals surface area contributed by atoms with Crippen LogP contribution in [0, 0.1) is 0 Å². The van der Waals surface area contributed by atoms with Gasteiger partial charge in [-0.05, 0) is 42.3 Å². The molecule has 1 aromatic heterocycles. The number of ether oxygens (including phenoxy) is 2. The minimum atomic E-state index is -0.947. The molecule has 0 spiro atoms. The zero-order valence-corrected chi connectivity index (χ0v) is 14.6. The predicted molar refractivity (Wildman–Crippen MR) is 99.3 cm³/mol. The molecule has 0 aliphatic heterocycles. The zero-order valence-electron chi connectivity index (χ0n) is 14.6. The van der Waals surface area contributed by atoms with Crippen molar-refractivity contribution in [3.63, 3.8) is 0 Å². The van der Waals surface area contributed by atoms with Crippen molar-refractivity contribution < 1.29 is 19.4 Å². The van der Waals surface area contributed by atoms with Gasteiger partial charge in [-0.25, -0.2) is 4.79 Å². The van der Waals surface area contributed by atoms with Gasteiger partial charge in [0.05, 0.1) is 5.52 Å². The molecule has 1 atom stereocenters. The monoisotopic (exact) mass is 351 g/mol. The van der Waals surface area contributed by atoms with Crippen LogP contribution in [0.25, 0.3) is 10.9 Å². The number of benzene rings is 2. The van der Waals surface area contributed by atoms with Crippen LogP contribution < -0.4 is 4.74 Å². The van der Waals surface area contributed by atoms with Crippen molar-refractivity contribution in [2.24, 2.45) is 0 Å². The fourth-order valence-corrected chi connectivity index (χ4v) is 2.81. The van der Waals surface area contributed by atoms with Crippen LogP contribution in [0.2, 0.25) is 0 Å². The van der Waals surface area contributed by atoms with E-state index >= 15 is 0 Å². The predicted octanol–water partition coefficient (Wildman–Crippen LogP) is 3.85. The number of nitrogens with zero attached hydrogens (tertiary/aromatic N) is 1. The summed E-state index contributed by atoms with van der Waals surface area (Å²) in [7, 11) is 0. The third-order valence-corrected chi connectivity index (χ3v) is 4.12. The Kier molecular flexibility index (Phi) is 5.81. The molecule has 0 amide bonds. The van der Waals surface area contributed by atoms with E-state index in [9.17, 15) is 4.79 Å². The van der Waals surface area contributed by atoms with Crippen LogP contribution in [0.5, 0.6) is 5.75 Å². The Bertz CT molecular complexity index is 871. The molecule has 3 rings (SSSR count). The van der Waals surface area contributed by atoms with Crippen molar-refractivity contribution in [3.05, 3.63) is 71.9 Å². The van der Waals surface area contributed by atoms with Crippen LogP contribution in [0.3, 0.4) is 0 Å². The molecular weight excluding hydrogens is 330 g/mol. The minimum absolute atomic E-state index is 0.332. The van der Waals surface area contributed by atoms with Crippen LogP contribution in [-0.2, 0) is 22.6 Å². The number of carboxylic acid groups (broad SMARTS) is 1. The van der Waals surface area contributed by atoms with Crippen LogP contribution in [0.4, 0.5) is 0 Å². The number of aromatic nitrogens is 1. The number of pyridine rings is 1. The van der Waals surface area contributed by atoms with E-state index in [-0.39, 0.29) is 0 Å². The largest absolute Gasteiger partial charge is 0.489 e. The summed E-state index contributed by atoms with van der Waals surface area (Å²) in [6.45, 7) is 2.60. The highest BCUT2D eigenvalue weighted by Crippen LogP contribution is 2.20. The van der Waals surface area contributed by atoms with E-state index in [1.54, 1.807) is 13.1 Å². The maximum absolute atomic E-state index is 11.2. The van der Waals surface area contributed by atoms with Crippen LogP contribution >= 0.6 is 0 Å². The van der Waals surface area contributed by atoms with E-state index < -0.39 is 12.1 Å². The highest BCUT2D eigenvalue weighted by atomic mass is 16.5. The summed E-state index contributed by atoms with van der Waals surface area (Å²) in [6, 6.07) is 17.4. The third kappa shape index (κ3) is 4.37. The fourth-order valence-electron chi connectivity index (χ4n) is 2.81. The molecule has 5 heteroatoms. The number of aliphatic carboxylic acids is 1. The number of rotatable bonds is 8. The fraction of sp³-hybridized carbons (Fsp3) is 0.238. The van der Waals surface area contributed by atoms with Crippen LogP contribution in [-0.4, -0.2) is 28.8 Å². The lowest BCUT2D eigenvalue weighted by atomic mass is 10.1. The molecule has 0 radical (unpaired) electrons. The molecule has 26 heavy (non-hydrogen) atoms. The molecular formula is C21H21NO4. The summed E-state index contributed by atoms with van der Waals surface area (Å²) in [5.41, 5.74) is 2.91. The van der Waals surface area contributed by atoms with E-state index in [0.29, 0.717) is 19.6 Å². The van der Waals surface area contributed by atoms with Gasteiger partial charge in [0, 0.05) is 24.6 Å². The normalized spacial score (nSPS) is 12.0. The summed E-state index contributed by atoms with van der Waals surface area (Å²) in [4.78, 5) is 15.5. The summed E-state index contributed by atoms with van der Waals surface area (Å²) in [5.74, 6) is -0.213. The average Bonchev–Trinajstić information content (AvgIpc) is 2.67. The lowest BCUT2D eigenvalue weighted by Gasteiger charge is -2.13. The number of hydrogen-bond acceptors (Lipinski definition) is 4. The molecule has 5 nitrogen and oxygen atoms in total. The maximum atomic E-state index is 11.2. The van der Waals surface area contributed by atoms with Crippen molar-refractivity contribution in [2.75, 3.05) is 6.61 Å². The number of carbonyl (C=O) groups is 1. The first-order valence-corrected chi connectivity index (χ1v) is 8.56. The molecule has 0 bridgehead atoms. The van der Waals surface area contributed by atoms with Crippen molar-refractivity contribution in [3.8, 4) is 5.75 Å². The molecule has 1 heterocycles. The molecule has 1 unspecified atom stereocenters. The van der Waals surface area contributed by atoms with Crippen molar-refractivity contribution >= 4 is 16.9 Å². The standard InChI is InChI=1S/C21H21NO4/c1-2-25-20(21(23)24)13-15-8-10-17(11-9-15)26-14-16-5-3-7-19-18(16)6-4-12-22-19/h3-12,20H,2,13-14H2,1H3,(H,23,24). The first-order valence-electron chi connectivity index (χ1n) is 8.56. The summed E-state index contributed by atoms with van der Waals surface area (Å²) >= 11 is 0. The van der Waals surface area contributed by atoms with Gasteiger partial charge in [0.25, 0.3) is 0 Å². The van der Waals surface area contributed by atoms with E-state index in [0.717, 1.165) is 27.8 Å². The maximum Gasteiger partial charge on any atom is 0.333 e. The molecule has 134 valence electrons. The number of hydrogen-bond donors (Lipinski definition) is 1. The average molecular weight is 351 g/mol. The van der Waals surface area contributed by atoms with Gasteiger partial charge in [-0.2, -0.15) is 0 Å². The van der Waals surface area contributed by atoms with Gasteiger partial charge >= 0.3 is 5.97 Å². The topological polar surface area (TPSA) is 68.7 Å². The van der Waals surface area contributed by atoms with E-state index in [2.05, 4.69) is 4.98 Å². The van der Waals surface area contributed by atoms with E-state index in [1.807, 2.05) is 54.6 Å². The van der Waals surface area contributed by atoms with Gasteiger partial charge in [-0.3, -0.25) is 4.98 Å². The third-order valence-electron chi connectivity index (χ3n) is 4.12. The Morgan fingerprint density at radius 2 is 1.92 bits per heavy atom. The number of carboxylic acids is 1. The lowest BCUT2D eigenvalue weighted by molar-refractivity contribution is -0.149. The van der Waals surface area contributed by atoms with Gasteiger partial charge in [0.1, 0.15) is 12.4 Å².